The van der Waals surface area contributed by atoms with Crippen molar-refractivity contribution >= 4 is 5.84 Å². The number of nitrogen functional groups attached to an aromatic ring is 1. The predicted molar refractivity (Wildman–Crippen MR) is 79.5 cm³/mol. The van der Waals surface area contributed by atoms with Crippen LogP contribution in [-0.2, 0) is 6.42 Å². The molecule has 0 atom stereocenters. The molecular weight excluding hydrogens is 252 g/mol. The van der Waals surface area contributed by atoms with Crippen LogP contribution < -0.4 is 10.5 Å². The lowest BCUT2D eigenvalue weighted by atomic mass is 10.1. The van der Waals surface area contributed by atoms with Gasteiger partial charge >= 0.3 is 0 Å². The lowest BCUT2D eigenvalue weighted by Gasteiger charge is -2.14. The number of para-hydroxylation sites is 1. The molecule has 0 saturated heterocycles. The number of aliphatic hydroxyl groups excluding tert-OH is 1. The summed E-state index contributed by atoms with van der Waals surface area (Å²) < 4.78 is 5.88. The Morgan fingerprint density at radius 2 is 1.95 bits per heavy atom. The lowest BCUT2D eigenvalue weighted by molar-refractivity contribution is 0.298. The first-order valence-electron chi connectivity index (χ1n) is 6.43. The van der Waals surface area contributed by atoms with Gasteiger partial charge in [0.2, 0.25) is 0 Å². The van der Waals surface area contributed by atoms with E-state index >= 15 is 0 Å². The minimum absolute atomic E-state index is 0.0247. The first-order chi connectivity index (χ1) is 9.61. The van der Waals surface area contributed by atoms with E-state index in [9.17, 15) is 0 Å². The van der Waals surface area contributed by atoms with Crippen molar-refractivity contribution in [2.45, 2.75) is 13.3 Å². The summed E-state index contributed by atoms with van der Waals surface area (Å²) in [5.41, 5.74) is 8.11. The molecule has 2 rings (SSSR count). The summed E-state index contributed by atoms with van der Waals surface area (Å²) >= 11 is 0. The number of amidine groups is 1. The van der Waals surface area contributed by atoms with Crippen LogP contribution in [0.3, 0.4) is 0 Å². The molecule has 0 aliphatic heterocycles. The van der Waals surface area contributed by atoms with Gasteiger partial charge in [0.1, 0.15) is 17.3 Å². The molecule has 0 aromatic heterocycles. The monoisotopic (exact) mass is 270 g/mol. The van der Waals surface area contributed by atoms with Crippen molar-refractivity contribution in [1.82, 2.24) is 0 Å². The lowest BCUT2D eigenvalue weighted by Crippen LogP contribution is -2.12. The molecule has 104 valence electrons. The second kappa shape index (κ2) is 6.21. The largest absolute Gasteiger partial charge is 0.456 e. The third-order valence-corrected chi connectivity index (χ3v) is 3.00. The quantitative estimate of drug-likeness (QED) is 0.577. The Bertz CT molecular complexity index is 624. The van der Waals surface area contributed by atoms with Crippen LogP contribution in [0.25, 0.3) is 0 Å². The molecule has 0 fully saturated rings. The van der Waals surface area contributed by atoms with E-state index in [1.54, 1.807) is 0 Å². The van der Waals surface area contributed by atoms with E-state index in [2.05, 4.69) is 0 Å². The highest BCUT2D eigenvalue weighted by molar-refractivity contribution is 5.97. The van der Waals surface area contributed by atoms with Crippen LogP contribution in [0.1, 0.15) is 16.7 Å². The molecule has 0 spiro atoms. The van der Waals surface area contributed by atoms with Crippen molar-refractivity contribution in [3.63, 3.8) is 0 Å². The van der Waals surface area contributed by atoms with Crippen LogP contribution in [-0.4, -0.2) is 17.5 Å². The topological polar surface area (TPSA) is 79.3 Å². The van der Waals surface area contributed by atoms with Crippen molar-refractivity contribution in [3.8, 4) is 11.5 Å². The number of hydrogen-bond donors (Lipinski definition) is 3. The van der Waals surface area contributed by atoms with Gasteiger partial charge in [-0.1, -0.05) is 29.8 Å². The van der Waals surface area contributed by atoms with Crippen LogP contribution in [0, 0.1) is 12.3 Å². The molecule has 0 amide bonds. The molecule has 0 saturated carbocycles. The Morgan fingerprint density at radius 3 is 2.65 bits per heavy atom. The maximum atomic E-state index is 9.08. The fourth-order valence-electron chi connectivity index (χ4n) is 1.99. The highest BCUT2D eigenvalue weighted by atomic mass is 16.5. The van der Waals surface area contributed by atoms with Crippen molar-refractivity contribution in [1.29, 1.82) is 5.41 Å². The van der Waals surface area contributed by atoms with Gasteiger partial charge in [0, 0.05) is 6.61 Å². The molecular formula is C16H18N2O2. The third-order valence-electron chi connectivity index (χ3n) is 3.00. The average Bonchev–Trinajstić information content (AvgIpc) is 2.43. The van der Waals surface area contributed by atoms with E-state index in [0.29, 0.717) is 23.5 Å². The van der Waals surface area contributed by atoms with Gasteiger partial charge < -0.3 is 15.6 Å². The van der Waals surface area contributed by atoms with Crippen molar-refractivity contribution < 1.29 is 9.84 Å². The maximum Gasteiger partial charge on any atom is 0.138 e. The SMILES string of the molecule is Cc1ccc(Oc2ccccc2CCO)c(C(=N)N)c1. The molecule has 4 N–H and O–H groups in total. The van der Waals surface area contributed by atoms with E-state index < -0.39 is 0 Å². The van der Waals surface area contributed by atoms with Gasteiger partial charge in [0.15, 0.2) is 0 Å². The van der Waals surface area contributed by atoms with Gasteiger partial charge in [-0.2, -0.15) is 0 Å². The molecule has 2 aromatic carbocycles. The van der Waals surface area contributed by atoms with Crippen molar-refractivity contribution in [2.75, 3.05) is 6.61 Å². The van der Waals surface area contributed by atoms with Crippen LogP contribution in [0.15, 0.2) is 42.5 Å². The Balaban J connectivity index is 2.37. The van der Waals surface area contributed by atoms with Crippen molar-refractivity contribution in [3.05, 3.63) is 59.2 Å². The standard InChI is InChI=1S/C16H18N2O2/c1-11-6-7-15(13(10-11)16(17)18)20-14-5-3-2-4-12(14)8-9-19/h2-7,10,19H,8-9H2,1H3,(H3,17,18). The number of benzene rings is 2. The van der Waals surface area contributed by atoms with E-state index in [0.717, 1.165) is 11.1 Å². The minimum atomic E-state index is -0.0247. The van der Waals surface area contributed by atoms with Gasteiger partial charge in [-0.15, -0.1) is 0 Å². The Morgan fingerprint density at radius 1 is 1.20 bits per heavy atom. The van der Waals surface area contributed by atoms with Gasteiger partial charge in [0.05, 0.1) is 5.56 Å². The Labute approximate surface area is 118 Å². The number of ether oxygens (including phenoxy) is 1. The van der Waals surface area contributed by atoms with E-state index in [4.69, 9.17) is 21.0 Å². The zero-order chi connectivity index (χ0) is 14.5. The second-order valence-electron chi connectivity index (χ2n) is 4.60. The molecule has 0 aliphatic rings. The average molecular weight is 270 g/mol. The fraction of sp³-hybridized carbons (Fsp3) is 0.188. The van der Waals surface area contributed by atoms with Gasteiger partial charge in [0.25, 0.3) is 0 Å². The fourth-order valence-corrected chi connectivity index (χ4v) is 1.99. The smallest absolute Gasteiger partial charge is 0.138 e. The number of aliphatic hydroxyl groups is 1. The summed E-state index contributed by atoms with van der Waals surface area (Å²) in [6.45, 7) is 2.00. The Kier molecular flexibility index (Phi) is 4.38. The molecule has 0 aliphatic carbocycles. The maximum absolute atomic E-state index is 9.08. The van der Waals surface area contributed by atoms with Gasteiger partial charge in [-0.25, -0.2) is 0 Å². The first-order valence-corrected chi connectivity index (χ1v) is 6.43. The van der Waals surface area contributed by atoms with Crippen molar-refractivity contribution in [2.24, 2.45) is 5.73 Å². The highest BCUT2D eigenvalue weighted by Gasteiger charge is 2.10. The van der Waals surface area contributed by atoms with Gasteiger partial charge in [-0.3, -0.25) is 5.41 Å². The predicted octanol–water partition coefficient (Wildman–Crippen LogP) is 2.61. The minimum Gasteiger partial charge on any atom is -0.456 e. The molecule has 0 radical (unpaired) electrons. The third kappa shape index (κ3) is 3.16. The van der Waals surface area contributed by atoms with Crippen LogP contribution in [0.4, 0.5) is 0 Å². The molecule has 0 bridgehead atoms. The van der Waals surface area contributed by atoms with Gasteiger partial charge in [-0.05, 0) is 37.1 Å². The number of rotatable bonds is 5. The van der Waals surface area contributed by atoms with E-state index in [-0.39, 0.29) is 12.4 Å². The highest BCUT2D eigenvalue weighted by Crippen LogP contribution is 2.28. The van der Waals surface area contributed by atoms with E-state index in [1.807, 2.05) is 49.4 Å². The van der Waals surface area contributed by atoms with E-state index in [1.165, 1.54) is 0 Å². The zero-order valence-corrected chi connectivity index (χ0v) is 11.4. The summed E-state index contributed by atoms with van der Waals surface area (Å²) in [7, 11) is 0. The molecule has 4 nitrogen and oxygen atoms in total. The summed E-state index contributed by atoms with van der Waals surface area (Å²) in [5, 5.41) is 16.7. The second-order valence-corrected chi connectivity index (χ2v) is 4.60. The normalized spacial score (nSPS) is 10.3. The number of hydrogen-bond acceptors (Lipinski definition) is 3. The first kappa shape index (κ1) is 14.1. The van der Waals surface area contributed by atoms with Crippen LogP contribution in [0.2, 0.25) is 0 Å². The summed E-state index contributed by atoms with van der Waals surface area (Å²) in [6.07, 6.45) is 0.525. The Hall–Kier alpha value is -2.33. The summed E-state index contributed by atoms with van der Waals surface area (Å²) in [6, 6.07) is 13.1. The molecule has 0 unspecified atom stereocenters. The van der Waals surface area contributed by atoms with Crippen LogP contribution >= 0.6 is 0 Å². The molecule has 4 heteroatoms. The number of aryl methyl sites for hydroxylation is 1. The number of nitrogens with two attached hydrogens (primary N) is 1. The molecule has 20 heavy (non-hydrogen) atoms. The molecule has 0 heterocycles. The molecule has 2 aromatic rings. The van der Waals surface area contributed by atoms with Crippen LogP contribution in [0.5, 0.6) is 11.5 Å². The summed E-state index contributed by atoms with van der Waals surface area (Å²) in [4.78, 5) is 0. The zero-order valence-electron chi connectivity index (χ0n) is 11.4. The number of nitrogens with one attached hydrogen (secondary N) is 1. The summed E-state index contributed by atoms with van der Waals surface area (Å²) in [5.74, 6) is 1.20.